The Balaban J connectivity index is 2.94. The number of pyridine rings is 1. The van der Waals surface area contributed by atoms with E-state index in [1.165, 1.54) is 0 Å². The van der Waals surface area contributed by atoms with Crippen molar-refractivity contribution in [1.82, 2.24) is 4.98 Å². The molecule has 0 fully saturated rings. The average molecular weight is 224 g/mol. The van der Waals surface area contributed by atoms with Gasteiger partial charge in [-0.05, 0) is 18.1 Å². The van der Waals surface area contributed by atoms with Crippen LogP contribution in [0.3, 0.4) is 0 Å². The first-order chi connectivity index (χ1) is 7.02. The van der Waals surface area contributed by atoms with Crippen LogP contribution in [0.15, 0.2) is 12.1 Å². The molecule has 0 aliphatic rings. The lowest BCUT2D eigenvalue weighted by Crippen LogP contribution is -2.23. The zero-order valence-electron chi connectivity index (χ0n) is 9.16. The van der Waals surface area contributed by atoms with E-state index in [2.05, 4.69) is 24.9 Å². The van der Waals surface area contributed by atoms with Gasteiger partial charge in [-0.25, -0.2) is 4.98 Å². The highest BCUT2D eigenvalue weighted by molar-refractivity contribution is 6.29. The lowest BCUT2D eigenvalue weighted by Gasteiger charge is -2.20. The summed E-state index contributed by atoms with van der Waals surface area (Å²) in [6.07, 6.45) is 0. The van der Waals surface area contributed by atoms with Crippen molar-refractivity contribution in [2.45, 2.75) is 13.8 Å². The van der Waals surface area contributed by atoms with Gasteiger partial charge in [0.1, 0.15) is 11.0 Å². The molecule has 0 radical (unpaired) electrons. The normalized spacial score (nSPS) is 10.1. The second kappa shape index (κ2) is 4.99. The summed E-state index contributed by atoms with van der Waals surface area (Å²) in [5.74, 6) is 1.29. The third kappa shape index (κ3) is 3.41. The topological polar surface area (TPSA) is 39.9 Å². The fourth-order valence-corrected chi connectivity index (χ4v) is 1.59. The Labute approximate surface area is 95.3 Å². The summed E-state index contributed by atoms with van der Waals surface area (Å²) < 4.78 is 0. The summed E-state index contributed by atoms with van der Waals surface area (Å²) in [6.45, 7) is 5.15. The second-order valence-electron chi connectivity index (χ2n) is 3.92. The largest absolute Gasteiger partial charge is 0.359 e. The van der Waals surface area contributed by atoms with Crippen LogP contribution in [-0.2, 0) is 0 Å². The van der Waals surface area contributed by atoms with Crippen LogP contribution < -0.4 is 4.90 Å². The highest BCUT2D eigenvalue weighted by atomic mass is 35.5. The Bertz CT molecular complexity index is 382. The number of halogens is 1. The van der Waals surface area contributed by atoms with Crippen molar-refractivity contribution in [2.75, 3.05) is 18.5 Å². The number of nitriles is 1. The molecule has 15 heavy (non-hydrogen) atoms. The molecule has 4 heteroatoms. The summed E-state index contributed by atoms with van der Waals surface area (Å²) in [6, 6.07) is 5.37. The summed E-state index contributed by atoms with van der Waals surface area (Å²) >= 11 is 5.82. The van der Waals surface area contributed by atoms with Gasteiger partial charge in [0, 0.05) is 13.6 Å². The minimum atomic E-state index is 0.361. The number of anilines is 1. The number of nitrogens with zero attached hydrogens (tertiary/aromatic N) is 3. The van der Waals surface area contributed by atoms with Crippen LogP contribution in [0.2, 0.25) is 5.15 Å². The number of hydrogen-bond donors (Lipinski definition) is 0. The van der Waals surface area contributed by atoms with Gasteiger partial charge in [0.2, 0.25) is 0 Å². The van der Waals surface area contributed by atoms with Crippen molar-refractivity contribution >= 4 is 17.4 Å². The zero-order valence-corrected chi connectivity index (χ0v) is 9.91. The lowest BCUT2D eigenvalue weighted by molar-refractivity contribution is 0.634. The molecule has 80 valence electrons. The average Bonchev–Trinajstić information content (AvgIpc) is 2.15. The van der Waals surface area contributed by atoms with Gasteiger partial charge in [-0.2, -0.15) is 5.26 Å². The molecule has 1 aromatic rings. The van der Waals surface area contributed by atoms with Gasteiger partial charge in [0.25, 0.3) is 0 Å². The first kappa shape index (κ1) is 11.8. The molecule has 0 amide bonds. The summed E-state index contributed by atoms with van der Waals surface area (Å²) in [5.41, 5.74) is 0.542. The quantitative estimate of drug-likeness (QED) is 0.740. The van der Waals surface area contributed by atoms with Crippen LogP contribution in [-0.4, -0.2) is 18.6 Å². The van der Waals surface area contributed by atoms with Gasteiger partial charge in [-0.3, -0.25) is 0 Å². The Kier molecular flexibility index (Phi) is 3.93. The molecule has 3 nitrogen and oxygen atoms in total. The monoisotopic (exact) mass is 223 g/mol. The fourth-order valence-electron chi connectivity index (χ4n) is 1.38. The lowest BCUT2D eigenvalue weighted by atomic mass is 10.2. The molecular formula is C11H14ClN3. The molecule has 0 bridgehead atoms. The SMILES string of the molecule is CC(C)CN(C)c1cc(C#N)cc(Cl)n1. The fraction of sp³-hybridized carbons (Fsp3) is 0.455. The van der Waals surface area contributed by atoms with E-state index >= 15 is 0 Å². The molecule has 0 aliphatic heterocycles. The molecule has 0 atom stereocenters. The molecule has 1 aromatic heterocycles. The Morgan fingerprint density at radius 3 is 2.73 bits per heavy atom. The smallest absolute Gasteiger partial charge is 0.132 e. The third-order valence-corrected chi connectivity index (χ3v) is 2.13. The maximum atomic E-state index is 8.80. The molecule has 1 heterocycles. The maximum absolute atomic E-state index is 8.80. The highest BCUT2D eigenvalue weighted by Crippen LogP contribution is 2.17. The minimum absolute atomic E-state index is 0.361. The van der Waals surface area contributed by atoms with Crippen molar-refractivity contribution < 1.29 is 0 Å². The van der Waals surface area contributed by atoms with Gasteiger partial charge >= 0.3 is 0 Å². The van der Waals surface area contributed by atoms with E-state index in [1.54, 1.807) is 12.1 Å². The van der Waals surface area contributed by atoms with Crippen LogP contribution in [0.4, 0.5) is 5.82 Å². The van der Waals surface area contributed by atoms with E-state index in [0.717, 1.165) is 12.4 Å². The van der Waals surface area contributed by atoms with Crippen LogP contribution in [0, 0.1) is 17.2 Å². The second-order valence-corrected chi connectivity index (χ2v) is 4.31. The van der Waals surface area contributed by atoms with E-state index in [9.17, 15) is 0 Å². The summed E-state index contributed by atoms with van der Waals surface area (Å²) in [4.78, 5) is 6.17. The maximum Gasteiger partial charge on any atom is 0.132 e. The van der Waals surface area contributed by atoms with E-state index in [0.29, 0.717) is 16.6 Å². The van der Waals surface area contributed by atoms with Crippen LogP contribution >= 0.6 is 11.6 Å². The molecule has 0 spiro atoms. The molecule has 1 rings (SSSR count). The zero-order chi connectivity index (χ0) is 11.4. The third-order valence-electron chi connectivity index (χ3n) is 1.94. The van der Waals surface area contributed by atoms with Gasteiger partial charge < -0.3 is 4.90 Å². The Morgan fingerprint density at radius 2 is 2.20 bits per heavy atom. The molecule has 0 aliphatic carbocycles. The molecular weight excluding hydrogens is 210 g/mol. The molecule has 0 unspecified atom stereocenters. The van der Waals surface area contributed by atoms with Crippen LogP contribution in [0.1, 0.15) is 19.4 Å². The summed E-state index contributed by atoms with van der Waals surface area (Å²) in [7, 11) is 1.94. The number of aromatic nitrogens is 1. The van der Waals surface area contributed by atoms with Crippen molar-refractivity contribution in [2.24, 2.45) is 5.92 Å². The van der Waals surface area contributed by atoms with E-state index < -0.39 is 0 Å². The first-order valence-electron chi connectivity index (χ1n) is 4.81. The summed E-state index contributed by atoms with van der Waals surface area (Å²) in [5, 5.41) is 9.16. The van der Waals surface area contributed by atoms with E-state index in [-0.39, 0.29) is 0 Å². The molecule has 0 N–H and O–H groups in total. The van der Waals surface area contributed by atoms with E-state index in [4.69, 9.17) is 16.9 Å². The predicted molar refractivity (Wildman–Crippen MR) is 62.1 cm³/mol. The van der Waals surface area contributed by atoms with Gasteiger partial charge in [0.05, 0.1) is 11.6 Å². The van der Waals surface area contributed by atoms with Crippen LogP contribution in [0.25, 0.3) is 0 Å². The van der Waals surface area contributed by atoms with Crippen LogP contribution in [0.5, 0.6) is 0 Å². The molecule has 0 aromatic carbocycles. The number of hydrogen-bond acceptors (Lipinski definition) is 3. The molecule has 0 saturated carbocycles. The van der Waals surface area contributed by atoms with E-state index in [1.807, 2.05) is 11.9 Å². The van der Waals surface area contributed by atoms with Crippen molar-refractivity contribution in [3.8, 4) is 6.07 Å². The standard InChI is InChI=1S/C11H14ClN3/c1-8(2)7-15(3)11-5-9(6-13)4-10(12)14-11/h4-5,8H,7H2,1-3H3. The Hall–Kier alpha value is -1.27. The minimum Gasteiger partial charge on any atom is -0.359 e. The van der Waals surface area contributed by atoms with Gasteiger partial charge in [0.15, 0.2) is 0 Å². The first-order valence-corrected chi connectivity index (χ1v) is 5.19. The van der Waals surface area contributed by atoms with Gasteiger partial charge in [-0.15, -0.1) is 0 Å². The molecule has 0 saturated heterocycles. The Morgan fingerprint density at radius 1 is 1.53 bits per heavy atom. The van der Waals surface area contributed by atoms with Gasteiger partial charge in [-0.1, -0.05) is 25.4 Å². The predicted octanol–water partition coefficient (Wildman–Crippen LogP) is 2.70. The van der Waals surface area contributed by atoms with Crippen molar-refractivity contribution in [3.63, 3.8) is 0 Å². The van der Waals surface area contributed by atoms with Crippen molar-refractivity contribution in [1.29, 1.82) is 5.26 Å². The van der Waals surface area contributed by atoms with Crippen molar-refractivity contribution in [3.05, 3.63) is 22.8 Å². The number of rotatable bonds is 3. The highest BCUT2D eigenvalue weighted by Gasteiger charge is 2.07.